The van der Waals surface area contributed by atoms with Gasteiger partial charge >= 0.3 is 0 Å². The van der Waals surface area contributed by atoms with E-state index < -0.39 is 0 Å². The summed E-state index contributed by atoms with van der Waals surface area (Å²) >= 11 is 1.51. The zero-order valence-corrected chi connectivity index (χ0v) is 10.5. The highest BCUT2D eigenvalue weighted by Gasteiger charge is 2.29. The Balaban J connectivity index is 0.00000196. The van der Waals surface area contributed by atoms with Crippen molar-refractivity contribution in [1.29, 1.82) is 5.26 Å². The zero-order chi connectivity index (χ0) is 10.6. The van der Waals surface area contributed by atoms with Crippen molar-refractivity contribution >= 4 is 30.1 Å². The fraction of sp³-hybridized carbons (Fsp3) is 0.778. The molecule has 1 heterocycles. The Morgan fingerprint density at radius 3 is 2.87 bits per heavy atom. The van der Waals surface area contributed by atoms with Crippen molar-refractivity contribution in [2.75, 3.05) is 19.3 Å². The molecular weight excluding hydrogens is 234 g/mol. The van der Waals surface area contributed by atoms with Crippen LogP contribution in [0.3, 0.4) is 0 Å². The third-order valence-electron chi connectivity index (χ3n) is 2.43. The average Bonchev–Trinajstić information content (AvgIpc) is 2.63. The van der Waals surface area contributed by atoms with Gasteiger partial charge in [-0.15, -0.1) is 12.4 Å². The van der Waals surface area contributed by atoms with E-state index in [4.69, 9.17) is 5.26 Å². The summed E-state index contributed by atoms with van der Waals surface area (Å²) in [5.41, 5.74) is 0. The summed E-state index contributed by atoms with van der Waals surface area (Å²) in [6.07, 6.45) is 1.90. The van der Waals surface area contributed by atoms with Crippen LogP contribution < -0.4 is 10.6 Å². The van der Waals surface area contributed by atoms with Crippen LogP contribution in [0.25, 0.3) is 0 Å². The predicted molar refractivity (Wildman–Crippen MR) is 64.1 cm³/mol. The van der Waals surface area contributed by atoms with Gasteiger partial charge in [-0.2, -0.15) is 17.0 Å². The molecule has 0 spiro atoms. The van der Waals surface area contributed by atoms with Crippen molar-refractivity contribution in [2.45, 2.75) is 18.2 Å². The van der Waals surface area contributed by atoms with E-state index in [-0.39, 0.29) is 35.5 Å². The molecule has 86 valence electrons. The summed E-state index contributed by atoms with van der Waals surface area (Å²) in [6, 6.07) is 2.17. The molecule has 1 fully saturated rings. The molecule has 0 aliphatic carbocycles. The molecular formula is C9H16ClN3OS. The Bertz CT molecular complexity index is 256. The first-order chi connectivity index (χ1) is 6.69. The number of carbonyl (C=O) groups excluding carboxylic acids is 1. The maximum atomic E-state index is 11.5. The molecule has 1 aliphatic rings. The van der Waals surface area contributed by atoms with E-state index in [1.54, 1.807) is 0 Å². The smallest absolute Gasteiger partial charge is 0.233 e. The summed E-state index contributed by atoms with van der Waals surface area (Å²) < 4.78 is 0. The first-order valence-corrected chi connectivity index (χ1v) is 5.91. The van der Waals surface area contributed by atoms with Gasteiger partial charge < -0.3 is 10.6 Å². The van der Waals surface area contributed by atoms with Gasteiger partial charge in [-0.25, -0.2) is 0 Å². The van der Waals surface area contributed by atoms with Gasteiger partial charge in [0.25, 0.3) is 0 Å². The molecule has 6 heteroatoms. The van der Waals surface area contributed by atoms with Gasteiger partial charge in [-0.1, -0.05) is 0 Å². The van der Waals surface area contributed by atoms with Crippen molar-refractivity contribution in [2.24, 2.45) is 5.92 Å². The number of amides is 1. The van der Waals surface area contributed by atoms with E-state index in [9.17, 15) is 4.79 Å². The number of hydrogen-bond donors (Lipinski definition) is 2. The molecule has 4 nitrogen and oxygen atoms in total. The Labute approximate surface area is 101 Å². The summed E-state index contributed by atoms with van der Waals surface area (Å²) in [5, 5.41) is 14.7. The number of carbonyl (C=O) groups is 1. The number of nitrogens with zero attached hydrogens (tertiary/aromatic N) is 1. The second-order valence-electron chi connectivity index (χ2n) is 3.39. The molecule has 3 unspecified atom stereocenters. The highest BCUT2D eigenvalue weighted by atomic mass is 35.5. The fourth-order valence-electron chi connectivity index (χ4n) is 1.37. The SMILES string of the molecule is CSC(C)C(=O)NC1CNCC1C#N.Cl. The van der Waals surface area contributed by atoms with Crippen LogP contribution in [0.1, 0.15) is 6.92 Å². The van der Waals surface area contributed by atoms with Crippen LogP contribution in [0, 0.1) is 17.2 Å². The summed E-state index contributed by atoms with van der Waals surface area (Å²) in [5.74, 6) is -0.0699. The van der Waals surface area contributed by atoms with Crippen molar-refractivity contribution in [3.8, 4) is 6.07 Å². The molecule has 1 saturated heterocycles. The number of nitrogens with one attached hydrogen (secondary N) is 2. The molecule has 0 aromatic carbocycles. The summed E-state index contributed by atoms with van der Waals surface area (Å²) in [7, 11) is 0. The first kappa shape index (κ1) is 14.6. The minimum Gasteiger partial charge on any atom is -0.350 e. The van der Waals surface area contributed by atoms with Crippen LogP contribution in [0.4, 0.5) is 0 Å². The summed E-state index contributed by atoms with van der Waals surface area (Å²) in [4.78, 5) is 11.5. The van der Waals surface area contributed by atoms with Crippen LogP contribution in [0.5, 0.6) is 0 Å². The standard InChI is InChI=1S/C9H15N3OS.ClH/c1-6(14-2)9(13)12-8-5-11-4-7(8)3-10;/h6-8,11H,4-5H2,1-2H3,(H,12,13);1H. The van der Waals surface area contributed by atoms with Gasteiger partial charge in [0.05, 0.1) is 23.3 Å². The van der Waals surface area contributed by atoms with E-state index in [1.807, 2.05) is 13.2 Å². The van der Waals surface area contributed by atoms with Crippen molar-refractivity contribution in [1.82, 2.24) is 10.6 Å². The Kier molecular flexibility index (Phi) is 6.73. The Hall–Kier alpha value is -0.440. The van der Waals surface area contributed by atoms with Crippen LogP contribution in [-0.4, -0.2) is 36.5 Å². The molecule has 0 bridgehead atoms. The lowest BCUT2D eigenvalue weighted by atomic mass is 10.1. The lowest BCUT2D eigenvalue weighted by molar-refractivity contribution is -0.121. The monoisotopic (exact) mass is 249 g/mol. The zero-order valence-electron chi connectivity index (χ0n) is 8.82. The largest absolute Gasteiger partial charge is 0.350 e. The normalized spacial score (nSPS) is 26.2. The molecule has 0 saturated carbocycles. The van der Waals surface area contributed by atoms with E-state index >= 15 is 0 Å². The number of halogens is 1. The van der Waals surface area contributed by atoms with Crippen molar-refractivity contribution < 1.29 is 4.79 Å². The molecule has 1 aliphatic heterocycles. The molecule has 3 atom stereocenters. The molecule has 0 radical (unpaired) electrons. The van der Waals surface area contributed by atoms with Gasteiger partial charge in [0.2, 0.25) is 5.91 Å². The van der Waals surface area contributed by atoms with E-state index in [2.05, 4.69) is 16.7 Å². The highest BCUT2D eigenvalue weighted by molar-refractivity contribution is 7.99. The summed E-state index contributed by atoms with van der Waals surface area (Å²) in [6.45, 7) is 3.24. The van der Waals surface area contributed by atoms with Crippen LogP contribution >= 0.6 is 24.2 Å². The quantitative estimate of drug-likeness (QED) is 0.760. The van der Waals surface area contributed by atoms with Gasteiger partial charge in [0.15, 0.2) is 0 Å². The Morgan fingerprint density at radius 1 is 1.67 bits per heavy atom. The second-order valence-corrected chi connectivity index (χ2v) is 4.57. The van der Waals surface area contributed by atoms with Crippen molar-refractivity contribution in [3.63, 3.8) is 0 Å². The lowest BCUT2D eigenvalue weighted by Crippen LogP contribution is -2.43. The maximum Gasteiger partial charge on any atom is 0.233 e. The van der Waals surface area contributed by atoms with Gasteiger partial charge in [0.1, 0.15) is 0 Å². The van der Waals surface area contributed by atoms with E-state index in [1.165, 1.54) is 11.8 Å². The average molecular weight is 250 g/mol. The lowest BCUT2D eigenvalue weighted by Gasteiger charge is -2.16. The van der Waals surface area contributed by atoms with Gasteiger partial charge in [0, 0.05) is 13.1 Å². The molecule has 2 N–H and O–H groups in total. The highest BCUT2D eigenvalue weighted by Crippen LogP contribution is 2.10. The van der Waals surface area contributed by atoms with Crippen LogP contribution in [0.2, 0.25) is 0 Å². The second kappa shape index (κ2) is 6.94. The number of nitriles is 1. The minimum absolute atomic E-state index is 0. The third-order valence-corrected chi connectivity index (χ3v) is 3.35. The van der Waals surface area contributed by atoms with Crippen LogP contribution in [0.15, 0.2) is 0 Å². The van der Waals surface area contributed by atoms with Gasteiger partial charge in [-0.3, -0.25) is 4.79 Å². The predicted octanol–water partition coefficient (Wildman–Crippen LogP) is 0.387. The van der Waals surface area contributed by atoms with Gasteiger partial charge in [-0.05, 0) is 13.2 Å². The fourth-order valence-corrected chi connectivity index (χ4v) is 1.66. The molecule has 0 aromatic heterocycles. The number of hydrogen-bond acceptors (Lipinski definition) is 4. The topological polar surface area (TPSA) is 64.9 Å². The minimum atomic E-state index is -0.0898. The van der Waals surface area contributed by atoms with Crippen LogP contribution in [-0.2, 0) is 4.79 Å². The van der Waals surface area contributed by atoms with Crippen molar-refractivity contribution in [3.05, 3.63) is 0 Å². The van der Waals surface area contributed by atoms with E-state index in [0.29, 0.717) is 13.1 Å². The molecule has 1 rings (SSSR count). The molecule has 0 aromatic rings. The maximum absolute atomic E-state index is 11.5. The molecule has 15 heavy (non-hydrogen) atoms. The third kappa shape index (κ3) is 3.90. The first-order valence-electron chi connectivity index (χ1n) is 4.62. The van der Waals surface area contributed by atoms with E-state index in [0.717, 1.165) is 0 Å². The Morgan fingerprint density at radius 2 is 2.33 bits per heavy atom. The molecule has 1 amide bonds. The number of rotatable bonds is 3. The number of thioether (sulfide) groups is 1.